The van der Waals surface area contributed by atoms with E-state index in [4.69, 9.17) is 5.84 Å². The predicted octanol–water partition coefficient (Wildman–Crippen LogP) is 1.63. The van der Waals surface area contributed by atoms with Gasteiger partial charge in [0, 0.05) is 13.1 Å². The van der Waals surface area contributed by atoms with Crippen LogP contribution in [0.4, 0.5) is 17.1 Å². The Labute approximate surface area is 118 Å². The van der Waals surface area contributed by atoms with Gasteiger partial charge in [-0.2, -0.15) is 0 Å². The van der Waals surface area contributed by atoms with E-state index in [1.807, 2.05) is 0 Å². The van der Waals surface area contributed by atoms with E-state index >= 15 is 0 Å². The molecular formula is C13H21N5O2. The van der Waals surface area contributed by atoms with Crippen LogP contribution >= 0.6 is 0 Å². The summed E-state index contributed by atoms with van der Waals surface area (Å²) < 4.78 is 0. The Morgan fingerprint density at radius 1 is 1.50 bits per heavy atom. The lowest BCUT2D eigenvalue weighted by atomic mass is 10.1. The first-order valence-electron chi connectivity index (χ1n) is 6.86. The van der Waals surface area contributed by atoms with Crippen LogP contribution in [-0.4, -0.2) is 36.0 Å². The molecule has 1 unspecified atom stereocenters. The normalized spacial score (nSPS) is 19.0. The van der Waals surface area contributed by atoms with E-state index in [1.165, 1.54) is 0 Å². The molecule has 110 valence electrons. The first-order valence-corrected chi connectivity index (χ1v) is 6.86. The SMILES string of the molecule is CCN1CCC(CNc2cccc(NN)c2[N+](=O)[O-])C1. The smallest absolute Gasteiger partial charge is 0.316 e. The van der Waals surface area contributed by atoms with Crippen molar-refractivity contribution < 1.29 is 4.92 Å². The lowest BCUT2D eigenvalue weighted by Gasteiger charge is -2.15. The van der Waals surface area contributed by atoms with Crippen molar-refractivity contribution in [3.63, 3.8) is 0 Å². The molecule has 4 N–H and O–H groups in total. The van der Waals surface area contributed by atoms with Gasteiger partial charge >= 0.3 is 5.69 Å². The van der Waals surface area contributed by atoms with Crippen LogP contribution in [-0.2, 0) is 0 Å². The van der Waals surface area contributed by atoms with Gasteiger partial charge in [-0.05, 0) is 37.6 Å². The minimum atomic E-state index is -0.412. The molecule has 0 aliphatic carbocycles. The van der Waals surface area contributed by atoms with Gasteiger partial charge in [0.05, 0.1) is 4.92 Å². The standard InChI is InChI=1S/C13H21N5O2/c1-2-17-7-6-10(9-17)8-15-11-4-3-5-12(16-14)13(11)18(19)20/h3-5,10,15-16H,2,6-9,14H2,1H3. The number of benzene rings is 1. The number of rotatable bonds is 6. The molecule has 0 aromatic heterocycles. The molecule has 7 nitrogen and oxygen atoms in total. The first kappa shape index (κ1) is 14.5. The second-order valence-electron chi connectivity index (χ2n) is 5.03. The van der Waals surface area contributed by atoms with Crippen molar-refractivity contribution in [2.75, 3.05) is 36.9 Å². The van der Waals surface area contributed by atoms with E-state index in [9.17, 15) is 10.1 Å². The van der Waals surface area contributed by atoms with Crippen molar-refractivity contribution in [2.24, 2.45) is 11.8 Å². The fourth-order valence-corrected chi connectivity index (χ4v) is 2.62. The number of nitro groups is 1. The van der Waals surface area contributed by atoms with E-state index < -0.39 is 4.92 Å². The summed E-state index contributed by atoms with van der Waals surface area (Å²) in [4.78, 5) is 13.1. The van der Waals surface area contributed by atoms with Crippen molar-refractivity contribution in [3.05, 3.63) is 28.3 Å². The maximum atomic E-state index is 11.2. The summed E-state index contributed by atoms with van der Waals surface area (Å²) in [5.41, 5.74) is 3.21. The number of hydrogen-bond donors (Lipinski definition) is 3. The second-order valence-corrected chi connectivity index (χ2v) is 5.03. The van der Waals surface area contributed by atoms with Crippen LogP contribution in [0.1, 0.15) is 13.3 Å². The quantitative estimate of drug-likeness (QED) is 0.416. The Balaban J connectivity index is 2.04. The Hall–Kier alpha value is -1.86. The molecule has 1 fully saturated rings. The third-order valence-electron chi connectivity index (χ3n) is 3.77. The van der Waals surface area contributed by atoms with Crippen LogP contribution in [0.3, 0.4) is 0 Å². The molecule has 0 amide bonds. The Morgan fingerprint density at radius 2 is 2.25 bits per heavy atom. The van der Waals surface area contributed by atoms with Crippen molar-refractivity contribution in [2.45, 2.75) is 13.3 Å². The summed E-state index contributed by atoms with van der Waals surface area (Å²) >= 11 is 0. The van der Waals surface area contributed by atoms with Crippen LogP contribution in [0.5, 0.6) is 0 Å². The second kappa shape index (κ2) is 6.53. The molecule has 1 heterocycles. The number of likely N-dealkylation sites (tertiary alicyclic amines) is 1. The van der Waals surface area contributed by atoms with Gasteiger partial charge in [-0.25, -0.2) is 0 Å². The average molecular weight is 279 g/mol. The van der Waals surface area contributed by atoms with E-state index in [0.29, 0.717) is 17.3 Å². The number of nitrogens with one attached hydrogen (secondary N) is 2. The van der Waals surface area contributed by atoms with E-state index in [1.54, 1.807) is 18.2 Å². The number of nitrogens with zero attached hydrogens (tertiary/aromatic N) is 2. The molecule has 20 heavy (non-hydrogen) atoms. The predicted molar refractivity (Wildman–Crippen MR) is 79.6 cm³/mol. The minimum absolute atomic E-state index is 0.000319. The van der Waals surface area contributed by atoms with Crippen molar-refractivity contribution in [1.29, 1.82) is 0 Å². The number of nitrogens with two attached hydrogens (primary N) is 1. The fraction of sp³-hybridized carbons (Fsp3) is 0.538. The summed E-state index contributed by atoms with van der Waals surface area (Å²) in [6.07, 6.45) is 1.13. The van der Waals surface area contributed by atoms with Gasteiger partial charge in [-0.3, -0.25) is 16.0 Å². The molecule has 1 aliphatic rings. The topological polar surface area (TPSA) is 96.5 Å². The number of nitrogen functional groups attached to an aromatic ring is 1. The molecule has 2 rings (SSSR count). The average Bonchev–Trinajstić information content (AvgIpc) is 2.92. The van der Waals surface area contributed by atoms with Crippen molar-refractivity contribution >= 4 is 17.1 Å². The molecule has 0 radical (unpaired) electrons. The maximum absolute atomic E-state index is 11.2. The molecular weight excluding hydrogens is 258 g/mol. The monoisotopic (exact) mass is 279 g/mol. The third kappa shape index (κ3) is 3.17. The summed E-state index contributed by atoms with van der Waals surface area (Å²) in [6.45, 7) is 6.10. The summed E-state index contributed by atoms with van der Waals surface area (Å²) in [7, 11) is 0. The summed E-state index contributed by atoms with van der Waals surface area (Å²) in [5.74, 6) is 5.85. The zero-order chi connectivity index (χ0) is 14.5. The van der Waals surface area contributed by atoms with Crippen LogP contribution in [0.15, 0.2) is 18.2 Å². The highest BCUT2D eigenvalue weighted by molar-refractivity contribution is 5.75. The highest BCUT2D eigenvalue weighted by Gasteiger charge is 2.23. The molecule has 1 aromatic carbocycles. The molecule has 1 aromatic rings. The molecule has 7 heteroatoms. The summed E-state index contributed by atoms with van der Waals surface area (Å²) in [6, 6.07) is 5.06. The number of hydrogen-bond acceptors (Lipinski definition) is 6. The maximum Gasteiger partial charge on any atom is 0.316 e. The van der Waals surface area contributed by atoms with Crippen LogP contribution in [0, 0.1) is 16.0 Å². The molecule has 0 saturated carbocycles. The van der Waals surface area contributed by atoms with E-state index in [-0.39, 0.29) is 5.69 Å². The number of para-hydroxylation sites is 1. The van der Waals surface area contributed by atoms with Crippen molar-refractivity contribution in [1.82, 2.24) is 4.90 Å². The van der Waals surface area contributed by atoms with Gasteiger partial charge in [-0.15, -0.1) is 0 Å². The minimum Gasteiger partial charge on any atom is -0.379 e. The van der Waals surface area contributed by atoms with Gasteiger partial charge in [0.1, 0.15) is 11.4 Å². The van der Waals surface area contributed by atoms with Gasteiger partial charge in [0.15, 0.2) is 0 Å². The van der Waals surface area contributed by atoms with Crippen molar-refractivity contribution in [3.8, 4) is 0 Å². The Bertz CT molecular complexity index is 480. The first-order chi connectivity index (χ1) is 9.65. The van der Waals surface area contributed by atoms with Crippen LogP contribution in [0.25, 0.3) is 0 Å². The largest absolute Gasteiger partial charge is 0.379 e. The van der Waals surface area contributed by atoms with Gasteiger partial charge < -0.3 is 15.6 Å². The Kier molecular flexibility index (Phi) is 4.75. The lowest BCUT2D eigenvalue weighted by molar-refractivity contribution is -0.383. The highest BCUT2D eigenvalue weighted by atomic mass is 16.6. The molecule has 0 bridgehead atoms. The fourth-order valence-electron chi connectivity index (χ4n) is 2.62. The van der Waals surface area contributed by atoms with Gasteiger partial charge in [0.25, 0.3) is 0 Å². The van der Waals surface area contributed by atoms with Crippen LogP contribution < -0.4 is 16.6 Å². The van der Waals surface area contributed by atoms with E-state index in [0.717, 1.165) is 32.6 Å². The van der Waals surface area contributed by atoms with Crippen LogP contribution in [0.2, 0.25) is 0 Å². The zero-order valence-corrected chi connectivity index (χ0v) is 11.6. The van der Waals surface area contributed by atoms with Gasteiger partial charge in [0.2, 0.25) is 0 Å². The third-order valence-corrected chi connectivity index (χ3v) is 3.77. The van der Waals surface area contributed by atoms with Gasteiger partial charge in [-0.1, -0.05) is 13.0 Å². The molecule has 1 saturated heterocycles. The molecule has 1 aliphatic heterocycles. The zero-order valence-electron chi connectivity index (χ0n) is 11.6. The number of hydrazine groups is 1. The number of nitro benzene ring substituents is 1. The Morgan fingerprint density at radius 3 is 2.85 bits per heavy atom. The number of anilines is 2. The van der Waals surface area contributed by atoms with E-state index in [2.05, 4.69) is 22.6 Å². The molecule has 0 spiro atoms. The molecule has 1 atom stereocenters. The lowest BCUT2D eigenvalue weighted by Crippen LogP contribution is -2.22. The highest BCUT2D eigenvalue weighted by Crippen LogP contribution is 2.32. The summed E-state index contributed by atoms with van der Waals surface area (Å²) in [5, 5.41) is 14.3.